The van der Waals surface area contributed by atoms with Gasteiger partial charge in [-0.05, 0) is 31.9 Å². The van der Waals surface area contributed by atoms with Crippen molar-refractivity contribution < 1.29 is 9.53 Å². The van der Waals surface area contributed by atoms with Gasteiger partial charge in [0.25, 0.3) is 0 Å². The number of nitrogens with zero attached hydrogens (tertiary/aromatic N) is 4. The molecule has 0 amide bonds. The number of methoxy groups -OCH3 is 1. The normalized spacial score (nSPS) is 17.1. The van der Waals surface area contributed by atoms with Crippen molar-refractivity contribution in [3.8, 4) is 0 Å². The first-order valence-electron chi connectivity index (χ1n) is 5.45. The van der Waals surface area contributed by atoms with Crippen molar-refractivity contribution >= 4 is 11.6 Å². The van der Waals surface area contributed by atoms with Gasteiger partial charge in [-0.15, -0.1) is 10.2 Å². The second-order valence-electron chi connectivity index (χ2n) is 4.34. The van der Waals surface area contributed by atoms with Crippen LogP contribution in [0.4, 0.5) is 0 Å². The maximum atomic E-state index is 11.8. The Balaban J connectivity index is 2.18. The molecule has 0 radical (unpaired) electrons. The minimum absolute atomic E-state index is 0.255. The molecule has 0 aliphatic heterocycles. The summed E-state index contributed by atoms with van der Waals surface area (Å²) < 4.78 is 6.47. The molecule has 6 heteroatoms. The molecule has 1 fully saturated rings. The fraction of sp³-hybridized carbons (Fsp3) is 0.455. The van der Waals surface area contributed by atoms with Crippen molar-refractivity contribution in [3.63, 3.8) is 0 Å². The SMILES string of the molecule is COC(=O)C1(c2nnc3ccc(C)nn23)CC1. The van der Waals surface area contributed by atoms with Crippen molar-refractivity contribution in [1.82, 2.24) is 19.8 Å². The molecule has 0 atom stereocenters. The van der Waals surface area contributed by atoms with Gasteiger partial charge >= 0.3 is 5.97 Å². The van der Waals surface area contributed by atoms with Crippen molar-refractivity contribution in [2.75, 3.05) is 7.11 Å². The zero-order valence-corrected chi connectivity index (χ0v) is 9.67. The third kappa shape index (κ3) is 1.33. The lowest BCUT2D eigenvalue weighted by Crippen LogP contribution is -2.25. The third-order valence-electron chi connectivity index (χ3n) is 3.15. The van der Waals surface area contributed by atoms with E-state index in [4.69, 9.17) is 4.74 Å². The molecule has 0 unspecified atom stereocenters. The fourth-order valence-electron chi connectivity index (χ4n) is 2.02. The van der Waals surface area contributed by atoms with Crippen LogP contribution in [0.15, 0.2) is 12.1 Å². The molecule has 2 aromatic heterocycles. The molecule has 2 aromatic rings. The van der Waals surface area contributed by atoms with Crippen LogP contribution in [0.1, 0.15) is 24.4 Å². The lowest BCUT2D eigenvalue weighted by atomic mass is 10.1. The number of rotatable bonds is 2. The molecule has 0 aromatic carbocycles. The number of hydrogen-bond donors (Lipinski definition) is 0. The highest BCUT2D eigenvalue weighted by molar-refractivity contribution is 5.85. The molecular weight excluding hydrogens is 220 g/mol. The number of aryl methyl sites for hydroxylation is 1. The Hall–Kier alpha value is -1.98. The fourth-order valence-corrected chi connectivity index (χ4v) is 2.02. The average molecular weight is 232 g/mol. The maximum Gasteiger partial charge on any atom is 0.319 e. The first-order valence-corrected chi connectivity index (χ1v) is 5.45. The lowest BCUT2D eigenvalue weighted by molar-refractivity contribution is -0.143. The standard InChI is InChI=1S/C11H12N4O2/c1-7-3-4-8-12-13-9(15(8)14-7)11(5-6-11)10(16)17-2/h3-4H,5-6H2,1-2H3. The van der Waals surface area contributed by atoms with Gasteiger partial charge < -0.3 is 4.74 Å². The zero-order valence-electron chi connectivity index (χ0n) is 9.67. The quantitative estimate of drug-likeness (QED) is 0.710. The van der Waals surface area contributed by atoms with Gasteiger partial charge in [0, 0.05) is 0 Å². The number of aromatic nitrogens is 4. The van der Waals surface area contributed by atoms with Crippen LogP contribution in [0, 0.1) is 6.92 Å². The summed E-state index contributed by atoms with van der Waals surface area (Å²) >= 11 is 0. The molecule has 88 valence electrons. The summed E-state index contributed by atoms with van der Waals surface area (Å²) in [6.07, 6.45) is 1.49. The highest BCUT2D eigenvalue weighted by Gasteiger charge is 2.56. The molecule has 1 aliphatic rings. The van der Waals surface area contributed by atoms with Crippen LogP contribution in [0.2, 0.25) is 0 Å². The molecular formula is C11H12N4O2. The Bertz CT molecular complexity index is 601. The first-order chi connectivity index (χ1) is 8.17. The predicted molar refractivity (Wildman–Crippen MR) is 58.4 cm³/mol. The predicted octanol–water partition coefficient (Wildman–Crippen LogP) is 0.637. The summed E-state index contributed by atoms with van der Waals surface area (Å²) in [7, 11) is 1.39. The molecule has 0 bridgehead atoms. The second-order valence-corrected chi connectivity index (χ2v) is 4.34. The van der Waals surface area contributed by atoms with Crippen LogP contribution < -0.4 is 0 Å². The van der Waals surface area contributed by atoms with Crippen LogP contribution in [-0.4, -0.2) is 32.9 Å². The summed E-state index contributed by atoms with van der Waals surface area (Å²) in [5.41, 5.74) is 0.884. The summed E-state index contributed by atoms with van der Waals surface area (Å²) in [6, 6.07) is 3.71. The molecule has 6 nitrogen and oxygen atoms in total. The van der Waals surface area contributed by atoms with Crippen LogP contribution in [0.3, 0.4) is 0 Å². The van der Waals surface area contributed by atoms with E-state index in [1.165, 1.54) is 7.11 Å². The van der Waals surface area contributed by atoms with Crippen molar-refractivity contribution in [2.45, 2.75) is 25.2 Å². The van der Waals surface area contributed by atoms with Gasteiger partial charge in [-0.2, -0.15) is 9.61 Å². The minimum atomic E-state index is -0.630. The summed E-state index contributed by atoms with van der Waals surface area (Å²) in [4.78, 5) is 11.8. The topological polar surface area (TPSA) is 69.4 Å². The van der Waals surface area contributed by atoms with Crippen LogP contribution in [0.5, 0.6) is 0 Å². The second kappa shape index (κ2) is 3.26. The molecule has 17 heavy (non-hydrogen) atoms. The number of esters is 1. The van der Waals surface area contributed by atoms with Crippen LogP contribution in [-0.2, 0) is 14.9 Å². The Kier molecular flexibility index (Phi) is 1.95. The number of ether oxygens (including phenoxy) is 1. The summed E-state index contributed by atoms with van der Waals surface area (Å²) in [5, 5.41) is 12.5. The monoisotopic (exact) mass is 232 g/mol. The highest BCUT2D eigenvalue weighted by Crippen LogP contribution is 2.48. The molecule has 0 spiro atoms. The third-order valence-corrected chi connectivity index (χ3v) is 3.15. The van der Waals surface area contributed by atoms with E-state index >= 15 is 0 Å². The molecule has 1 saturated carbocycles. The summed E-state index contributed by atoms with van der Waals surface area (Å²) in [6.45, 7) is 1.89. The average Bonchev–Trinajstić information content (AvgIpc) is 3.03. The highest BCUT2D eigenvalue weighted by atomic mass is 16.5. The van der Waals surface area contributed by atoms with Gasteiger partial charge in [0.1, 0.15) is 5.41 Å². The van der Waals surface area contributed by atoms with E-state index in [0.717, 1.165) is 18.5 Å². The molecule has 1 aliphatic carbocycles. The van der Waals surface area contributed by atoms with E-state index in [9.17, 15) is 4.79 Å². The van der Waals surface area contributed by atoms with Crippen molar-refractivity contribution in [1.29, 1.82) is 0 Å². The molecule has 2 heterocycles. The Morgan fingerprint density at radius 3 is 2.82 bits per heavy atom. The molecule has 3 rings (SSSR count). The molecule has 0 saturated heterocycles. The van der Waals surface area contributed by atoms with Gasteiger partial charge in [-0.3, -0.25) is 4.79 Å². The van der Waals surface area contributed by atoms with Gasteiger partial charge in [0.2, 0.25) is 0 Å². The smallest absolute Gasteiger partial charge is 0.319 e. The van der Waals surface area contributed by atoms with Gasteiger partial charge in [-0.25, -0.2) is 0 Å². The van der Waals surface area contributed by atoms with E-state index in [0.29, 0.717) is 11.5 Å². The first kappa shape index (κ1) is 10.2. The van der Waals surface area contributed by atoms with Crippen LogP contribution >= 0.6 is 0 Å². The zero-order chi connectivity index (χ0) is 12.0. The van der Waals surface area contributed by atoms with Crippen LogP contribution in [0.25, 0.3) is 5.65 Å². The lowest BCUT2D eigenvalue weighted by Gasteiger charge is -2.09. The number of hydrogen-bond acceptors (Lipinski definition) is 5. The number of carbonyl (C=O) groups is 1. The summed E-state index contributed by atoms with van der Waals surface area (Å²) in [5.74, 6) is 0.332. The van der Waals surface area contributed by atoms with E-state index in [-0.39, 0.29) is 5.97 Å². The minimum Gasteiger partial charge on any atom is -0.468 e. The Labute approximate surface area is 97.6 Å². The Morgan fingerprint density at radius 2 is 2.18 bits per heavy atom. The van der Waals surface area contributed by atoms with E-state index < -0.39 is 5.41 Å². The number of carbonyl (C=O) groups excluding carboxylic acids is 1. The van der Waals surface area contributed by atoms with Gasteiger partial charge in [0.15, 0.2) is 11.5 Å². The number of fused-ring (bicyclic) bond motifs is 1. The molecule has 0 N–H and O–H groups in total. The van der Waals surface area contributed by atoms with Crippen molar-refractivity contribution in [3.05, 3.63) is 23.7 Å². The van der Waals surface area contributed by atoms with E-state index in [2.05, 4.69) is 15.3 Å². The van der Waals surface area contributed by atoms with E-state index in [1.54, 1.807) is 4.52 Å². The Morgan fingerprint density at radius 1 is 1.41 bits per heavy atom. The van der Waals surface area contributed by atoms with Gasteiger partial charge in [0.05, 0.1) is 12.8 Å². The van der Waals surface area contributed by atoms with Crippen molar-refractivity contribution in [2.24, 2.45) is 0 Å². The van der Waals surface area contributed by atoms with Gasteiger partial charge in [-0.1, -0.05) is 0 Å². The maximum absolute atomic E-state index is 11.8. The van der Waals surface area contributed by atoms with E-state index in [1.807, 2.05) is 19.1 Å². The largest absolute Gasteiger partial charge is 0.468 e.